The number of hydrogen-bond acceptors (Lipinski definition) is 3. The number of nitrogens with one attached hydrogen (secondary N) is 1. The minimum absolute atomic E-state index is 0.198. The first-order chi connectivity index (χ1) is 10.9. The first-order valence-electron chi connectivity index (χ1n) is 6.62. The van der Waals surface area contributed by atoms with Crippen molar-refractivity contribution in [3.63, 3.8) is 0 Å². The van der Waals surface area contributed by atoms with Crippen molar-refractivity contribution in [2.24, 2.45) is 0 Å². The molecule has 0 saturated heterocycles. The van der Waals surface area contributed by atoms with Crippen LogP contribution in [0.5, 0.6) is 11.5 Å². The van der Waals surface area contributed by atoms with Crippen LogP contribution in [0.4, 0.5) is 5.69 Å². The quantitative estimate of drug-likeness (QED) is 0.751. The number of aryl methyl sites for hydroxylation is 1. The maximum absolute atomic E-state index is 12.0. The fourth-order valence-electron chi connectivity index (χ4n) is 1.84. The highest BCUT2D eigenvalue weighted by molar-refractivity contribution is 6.44. The minimum Gasteiger partial charge on any atom is -0.493 e. The third-order valence-corrected chi connectivity index (χ3v) is 4.00. The lowest BCUT2D eigenvalue weighted by atomic mass is 10.2. The van der Waals surface area contributed by atoms with E-state index in [0.29, 0.717) is 32.3 Å². The Morgan fingerprint density at radius 1 is 1.04 bits per heavy atom. The monoisotopic (exact) mass is 373 g/mol. The summed E-state index contributed by atoms with van der Waals surface area (Å²) in [6, 6.07) is 8.38. The number of methoxy groups -OCH3 is 1. The van der Waals surface area contributed by atoms with Crippen molar-refractivity contribution < 1.29 is 14.3 Å². The van der Waals surface area contributed by atoms with E-state index in [-0.39, 0.29) is 12.5 Å². The molecule has 1 amide bonds. The molecule has 0 fully saturated rings. The molecule has 0 radical (unpaired) electrons. The van der Waals surface area contributed by atoms with E-state index in [1.54, 1.807) is 6.07 Å². The Balaban J connectivity index is 2.02. The summed E-state index contributed by atoms with van der Waals surface area (Å²) in [7, 11) is 1.54. The van der Waals surface area contributed by atoms with Gasteiger partial charge in [-0.15, -0.1) is 0 Å². The maximum Gasteiger partial charge on any atom is 0.262 e. The normalized spacial score (nSPS) is 10.3. The number of hydrogen-bond donors (Lipinski definition) is 1. The lowest BCUT2D eigenvalue weighted by Gasteiger charge is -2.12. The molecule has 4 nitrogen and oxygen atoms in total. The summed E-state index contributed by atoms with van der Waals surface area (Å²) >= 11 is 17.8. The van der Waals surface area contributed by atoms with Gasteiger partial charge in [0, 0.05) is 0 Å². The summed E-state index contributed by atoms with van der Waals surface area (Å²) in [6.45, 7) is 1.74. The number of carbonyl (C=O) groups excluding carboxylic acids is 1. The highest BCUT2D eigenvalue weighted by Crippen LogP contribution is 2.32. The molecular weight excluding hydrogens is 361 g/mol. The summed E-state index contributed by atoms with van der Waals surface area (Å²) in [5.41, 5.74) is 1.40. The predicted molar refractivity (Wildman–Crippen MR) is 93.3 cm³/mol. The van der Waals surface area contributed by atoms with Gasteiger partial charge in [-0.2, -0.15) is 0 Å². The van der Waals surface area contributed by atoms with Gasteiger partial charge in [0.15, 0.2) is 18.1 Å². The van der Waals surface area contributed by atoms with Gasteiger partial charge in [-0.1, -0.05) is 40.9 Å². The van der Waals surface area contributed by atoms with E-state index in [4.69, 9.17) is 44.3 Å². The second-order valence-electron chi connectivity index (χ2n) is 4.74. The average Bonchev–Trinajstić information content (AvgIpc) is 2.51. The molecule has 23 heavy (non-hydrogen) atoms. The molecule has 0 spiro atoms. The van der Waals surface area contributed by atoms with Crippen molar-refractivity contribution in [1.82, 2.24) is 0 Å². The van der Waals surface area contributed by atoms with Gasteiger partial charge < -0.3 is 14.8 Å². The number of amides is 1. The molecule has 0 unspecified atom stereocenters. The number of halogens is 3. The number of ether oxygens (including phenoxy) is 2. The van der Waals surface area contributed by atoms with Crippen LogP contribution < -0.4 is 14.8 Å². The van der Waals surface area contributed by atoms with Crippen molar-refractivity contribution in [3.05, 3.63) is 51.0 Å². The third kappa shape index (κ3) is 4.67. The zero-order valence-corrected chi connectivity index (χ0v) is 14.7. The molecule has 2 rings (SSSR count). The lowest BCUT2D eigenvalue weighted by Crippen LogP contribution is -2.20. The zero-order chi connectivity index (χ0) is 17.0. The average molecular weight is 375 g/mol. The minimum atomic E-state index is -0.382. The Labute approximate surface area is 149 Å². The van der Waals surface area contributed by atoms with Gasteiger partial charge in [-0.05, 0) is 36.8 Å². The Morgan fingerprint density at radius 3 is 2.43 bits per heavy atom. The van der Waals surface area contributed by atoms with Crippen molar-refractivity contribution in [2.45, 2.75) is 6.92 Å². The second kappa shape index (κ2) is 7.77. The van der Waals surface area contributed by atoms with E-state index in [2.05, 4.69) is 5.32 Å². The maximum atomic E-state index is 12.0. The van der Waals surface area contributed by atoms with Crippen LogP contribution in [0.1, 0.15) is 5.56 Å². The topological polar surface area (TPSA) is 47.6 Å². The lowest BCUT2D eigenvalue weighted by molar-refractivity contribution is -0.118. The molecular formula is C16H14Cl3NO3. The molecule has 1 N–H and O–H groups in total. The smallest absolute Gasteiger partial charge is 0.262 e. The highest BCUT2D eigenvalue weighted by Gasteiger charge is 2.11. The van der Waals surface area contributed by atoms with Gasteiger partial charge in [0.2, 0.25) is 0 Å². The fraction of sp³-hybridized carbons (Fsp3) is 0.188. The molecule has 0 bridgehead atoms. The molecule has 0 aliphatic carbocycles. The fourth-order valence-corrected chi connectivity index (χ4v) is 2.44. The van der Waals surface area contributed by atoms with Crippen LogP contribution in [0, 0.1) is 6.92 Å². The Morgan fingerprint density at radius 2 is 1.74 bits per heavy atom. The van der Waals surface area contributed by atoms with Crippen molar-refractivity contribution >= 4 is 46.4 Å². The van der Waals surface area contributed by atoms with E-state index in [1.807, 2.05) is 19.1 Å². The van der Waals surface area contributed by atoms with Gasteiger partial charge in [0.25, 0.3) is 5.91 Å². The van der Waals surface area contributed by atoms with Crippen molar-refractivity contribution in [2.75, 3.05) is 19.0 Å². The standard InChI is InChI=1S/C16H14Cl3NO3/c1-9-3-4-14(15(5-9)22-2)23-8-16(21)20-13-7-11(18)10(17)6-12(13)19/h3-7H,8H2,1-2H3,(H,20,21). The molecule has 0 heterocycles. The van der Waals surface area contributed by atoms with Crippen LogP contribution in [0.3, 0.4) is 0 Å². The van der Waals surface area contributed by atoms with Crippen LogP contribution in [0.2, 0.25) is 15.1 Å². The summed E-state index contributed by atoms with van der Waals surface area (Å²) in [6.07, 6.45) is 0. The van der Waals surface area contributed by atoms with Gasteiger partial charge in [-0.3, -0.25) is 4.79 Å². The van der Waals surface area contributed by atoms with Gasteiger partial charge >= 0.3 is 0 Å². The van der Waals surface area contributed by atoms with Crippen molar-refractivity contribution in [3.8, 4) is 11.5 Å². The number of carbonyl (C=O) groups is 1. The van der Waals surface area contributed by atoms with Crippen LogP contribution in [0.25, 0.3) is 0 Å². The predicted octanol–water partition coefficient (Wildman–Crippen LogP) is 4.98. The zero-order valence-electron chi connectivity index (χ0n) is 12.5. The van der Waals surface area contributed by atoms with Gasteiger partial charge in [-0.25, -0.2) is 0 Å². The van der Waals surface area contributed by atoms with Crippen LogP contribution in [-0.4, -0.2) is 19.6 Å². The van der Waals surface area contributed by atoms with Crippen molar-refractivity contribution in [1.29, 1.82) is 0 Å². The van der Waals surface area contributed by atoms with Crippen LogP contribution >= 0.6 is 34.8 Å². The Hall–Kier alpha value is -1.62. The van der Waals surface area contributed by atoms with Crippen LogP contribution in [-0.2, 0) is 4.79 Å². The largest absolute Gasteiger partial charge is 0.493 e. The van der Waals surface area contributed by atoms with E-state index in [9.17, 15) is 4.79 Å². The number of anilines is 1. The molecule has 0 atom stereocenters. The number of rotatable bonds is 5. The third-order valence-electron chi connectivity index (χ3n) is 2.96. The molecule has 0 aliphatic heterocycles. The Bertz CT molecular complexity index is 735. The van der Waals surface area contributed by atoms with Crippen LogP contribution in [0.15, 0.2) is 30.3 Å². The Kier molecular flexibility index (Phi) is 5.99. The summed E-state index contributed by atoms with van der Waals surface area (Å²) < 4.78 is 10.7. The van der Waals surface area contributed by atoms with E-state index in [1.165, 1.54) is 19.2 Å². The molecule has 2 aromatic carbocycles. The second-order valence-corrected chi connectivity index (χ2v) is 5.96. The summed E-state index contributed by atoms with van der Waals surface area (Å²) in [5, 5.41) is 3.52. The van der Waals surface area contributed by atoms with Gasteiger partial charge in [0.1, 0.15) is 0 Å². The summed E-state index contributed by atoms with van der Waals surface area (Å²) in [4.78, 5) is 12.0. The van der Waals surface area contributed by atoms with E-state index >= 15 is 0 Å². The molecule has 122 valence electrons. The SMILES string of the molecule is COc1cc(C)ccc1OCC(=O)Nc1cc(Cl)c(Cl)cc1Cl. The number of benzene rings is 2. The van der Waals surface area contributed by atoms with E-state index in [0.717, 1.165) is 5.56 Å². The summed E-state index contributed by atoms with van der Waals surface area (Å²) in [5.74, 6) is 0.659. The molecule has 2 aromatic rings. The highest BCUT2D eigenvalue weighted by atomic mass is 35.5. The first kappa shape index (κ1) is 17.7. The molecule has 0 aromatic heterocycles. The van der Waals surface area contributed by atoms with E-state index < -0.39 is 0 Å². The molecule has 0 saturated carbocycles. The van der Waals surface area contributed by atoms with Gasteiger partial charge in [0.05, 0.1) is 27.9 Å². The first-order valence-corrected chi connectivity index (χ1v) is 7.76. The molecule has 0 aliphatic rings. The molecule has 7 heteroatoms.